The van der Waals surface area contributed by atoms with Crippen molar-refractivity contribution in [3.8, 4) is 5.88 Å². The number of aromatic nitrogens is 4. The lowest BCUT2D eigenvalue weighted by Gasteiger charge is -2.21. The number of hydrogen-bond acceptors (Lipinski definition) is 10. The number of hydrogen-bond donors (Lipinski definition) is 2. The molecule has 2 aromatic heterocycles. The number of ether oxygens (including phenoxy) is 1. The number of nitrogens with zero attached hydrogens (tertiary/aromatic N) is 4. The quantitative estimate of drug-likeness (QED) is 0.531. The molecule has 0 bridgehead atoms. The Kier molecular flexibility index (Phi) is 7.15. The fourth-order valence-electron chi connectivity index (χ4n) is 2.29. The molecule has 3 N–H and O–H groups in total. The lowest BCUT2D eigenvalue weighted by atomic mass is 10.3. The van der Waals surface area contributed by atoms with Crippen molar-refractivity contribution in [3.63, 3.8) is 0 Å². The zero-order chi connectivity index (χ0) is 19.2. The molecule has 0 aliphatic carbocycles. The highest BCUT2D eigenvalue weighted by Crippen LogP contribution is 2.48. The molecular weight excluding hydrogens is 365 g/mol. The van der Waals surface area contributed by atoms with Gasteiger partial charge in [-0.05, 0) is 13.8 Å². The van der Waals surface area contributed by atoms with Crippen LogP contribution in [0.4, 0.5) is 5.95 Å². The number of nitrogen functional groups attached to an aromatic ring is 1. The van der Waals surface area contributed by atoms with Crippen molar-refractivity contribution < 1.29 is 28.3 Å². The summed E-state index contributed by atoms with van der Waals surface area (Å²) in [6.07, 6.45) is 1.04. The van der Waals surface area contributed by atoms with Crippen molar-refractivity contribution in [1.82, 2.24) is 19.7 Å². The number of aliphatic hydroxyl groups is 1. The van der Waals surface area contributed by atoms with Crippen LogP contribution >= 0.6 is 7.60 Å². The smallest absolute Gasteiger partial charge is 0.330 e. The van der Waals surface area contributed by atoms with E-state index in [2.05, 4.69) is 15.0 Å². The van der Waals surface area contributed by atoms with E-state index in [-0.39, 0.29) is 44.2 Å². The first-order valence-corrected chi connectivity index (χ1v) is 9.89. The third-order valence-corrected chi connectivity index (χ3v) is 5.50. The Balaban J connectivity index is 2.14. The summed E-state index contributed by atoms with van der Waals surface area (Å²) >= 11 is 0. The van der Waals surface area contributed by atoms with Crippen molar-refractivity contribution in [3.05, 3.63) is 6.33 Å². The zero-order valence-electron chi connectivity index (χ0n) is 15.0. The summed E-state index contributed by atoms with van der Waals surface area (Å²) < 4.78 is 29.4. The molecule has 0 radical (unpaired) electrons. The maximum absolute atomic E-state index is 12.5. The first-order valence-electron chi connectivity index (χ1n) is 8.17. The van der Waals surface area contributed by atoms with Gasteiger partial charge >= 0.3 is 7.60 Å². The number of anilines is 1. The molecule has 2 aromatic rings. The third kappa shape index (κ3) is 4.82. The first-order chi connectivity index (χ1) is 12.5. The Labute approximate surface area is 150 Å². The standard InChI is InChI=1S/C14H24N5O6P/c1-4-23-26(21,24-5-2)7-6-10(8-20)25-19-9-16-11-12(19)17-14(15)18-13(11)22-3/h9-10,20H,4-8H2,1-3H3,(H2,15,17,18). The normalized spacial score (nSPS) is 13.1. The minimum absolute atomic E-state index is 0.00237. The second kappa shape index (κ2) is 9.13. The van der Waals surface area contributed by atoms with Crippen molar-refractivity contribution in [2.45, 2.75) is 26.4 Å². The summed E-state index contributed by atoms with van der Waals surface area (Å²) in [5, 5.41) is 9.60. The molecule has 2 rings (SSSR count). The maximum atomic E-state index is 12.5. The molecule has 12 heteroatoms. The predicted octanol–water partition coefficient (Wildman–Crippen LogP) is 0.863. The molecule has 26 heavy (non-hydrogen) atoms. The Morgan fingerprint density at radius 1 is 1.31 bits per heavy atom. The van der Waals surface area contributed by atoms with Gasteiger partial charge in [-0.2, -0.15) is 14.7 Å². The van der Waals surface area contributed by atoms with E-state index in [0.717, 1.165) is 0 Å². The highest BCUT2D eigenvalue weighted by Gasteiger charge is 2.26. The van der Waals surface area contributed by atoms with Gasteiger partial charge < -0.3 is 29.5 Å². The lowest BCUT2D eigenvalue weighted by Crippen LogP contribution is -2.29. The molecule has 0 saturated heterocycles. The number of aliphatic hydroxyl groups excluding tert-OH is 1. The van der Waals surface area contributed by atoms with Crippen LogP contribution in [-0.2, 0) is 13.6 Å². The van der Waals surface area contributed by atoms with Crippen LogP contribution in [0, 0.1) is 0 Å². The largest absolute Gasteiger partial charge is 0.479 e. The van der Waals surface area contributed by atoms with Crippen molar-refractivity contribution in [2.24, 2.45) is 0 Å². The Morgan fingerprint density at radius 3 is 2.58 bits per heavy atom. The van der Waals surface area contributed by atoms with Crippen LogP contribution in [0.2, 0.25) is 0 Å². The van der Waals surface area contributed by atoms with E-state index >= 15 is 0 Å². The maximum Gasteiger partial charge on any atom is 0.330 e. The van der Waals surface area contributed by atoms with E-state index in [0.29, 0.717) is 11.2 Å². The average Bonchev–Trinajstić information content (AvgIpc) is 3.00. The van der Waals surface area contributed by atoms with Gasteiger partial charge in [-0.1, -0.05) is 0 Å². The monoisotopic (exact) mass is 389 g/mol. The topological polar surface area (TPSA) is 144 Å². The molecule has 0 aliphatic heterocycles. The van der Waals surface area contributed by atoms with Crippen molar-refractivity contribution in [1.29, 1.82) is 0 Å². The second-order valence-electron chi connectivity index (χ2n) is 5.20. The number of imidazole rings is 1. The predicted molar refractivity (Wildman–Crippen MR) is 94.1 cm³/mol. The molecule has 0 saturated carbocycles. The van der Waals surface area contributed by atoms with Crippen LogP contribution in [0.25, 0.3) is 11.2 Å². The van der Waals surface area contributed by atoms with E-state index < -0.39 is 13.7 Å². The van der Waals surface area contributed by atoms with E-state index in [9.17, 15) is 9.67 Å². The van der Waals surface area contributed by atoms with Gasteiger partial charge in [0.05, 0.1) is 33.1 Å². The van der Waals surface area contributed by atoms with Gasteiger partial charge in [-0.25, -0.2) is 4.98 Å². The summed E-state index contributed by atoms with van der Waals surface area (Å²) in [6.45, 7) is 3.70. The molecule has 11 nitrogen and oxygen atoms in total. The highest BCUT2D eigenvalue weighted by atomic mass is 31.2. The summed E-state index contributed by atoms with van der Waals surface area (Å²) in [6, 6.07) is 0. The SMILES string of the molecule is CCOP(=O)(CCC(CO)On1cnc2c(OC)nc(N)nc21)OCC. The van der Waals surface area contributed by atoms with Gasteiger partial charge in [-0.3, -0.25) is 4.57 Å². The number of methoxy groups -OCH3 is 1. The van der Waals surface area contributed by atoms with Gasteiger partial charge in [0.15, 0.2) is 5.52 Å². The molecule has 0 aliphatic rings. The molecule has 0 spiro atoms. The van der Waals surface area contributed by atoms with Crippen molar-refractivity contribution >= 4 is 24.7 Å². The van der Waals surface area contributed by atoms with Gasteiger partial charge in [0, 0.05) is 6.42 Å². The van der Waals surface area contributed by atoms with Crippen LogP contribution in [0.5, 0.6) is 5.88 Å². The Morgan fingerprint density at radius 2 is 2.00 bits per heavy atom. The minimum Gasteiger partial charge on any atom is -0.479 e. The Bertz CT molecular complexity index is 760. The number of nitrogens with two attached hydrogens (primary N) is 1. The number of fused-ring (bicyclic) bond motifs is 1. The molecule has 1 unspecified atom stereocenters. The molecule has 0 fully saturated rings. The number of rotatable bonds is 11. The van der Waals surface area contributed by atoms with E-state index in [1.54, 1.807) is 13.8 Å². The highest BCUT2D eigenvalue weighted by molar-refractivity contribution is 7.53. The van der Waals surface area contributed by atoms with Gasteiger partial charge in [0.25, 0.3) is 0 Å². The van der Waals surface area contributed by atoms with Crippen LogP contribution in [0.3, 0.4) is 0 Å². The van der Waals surface area contributed by atoms with Crippen molar-refractivity contribution in [2.75, 3.05) is 38.8 Å². The van der Waals surface area contributed by atoms with Crippen LogP contribution in [0.15, 0.2) is 6.33 Å². The molecule has 146 valence electrons. The average molecular weight is 389 g/mol. The van der Waals surface area contributed by atoms with Crippen LogP contribution < -0.4 is 15.3 Å². The Hall–Kier alpha value is -1.94. The van der Waals surface area contributed by atoms with Gasteiger partial charge in [0.1, 0.15) is 12.4 Å². The molecular formula is C14H24N5O6P. The van der Waals surface area contributed by atoms with Crippen LogP contribution in [-0.4, -0.2) is 64.0 Å². The van der Waals surface area contributed by atoms with Gasteiger partial charge in [0.2, 0.25) is 17.5 Å². The minimum atomic E-state index is -3.23. The van der Waals surface area contributed by atoms with Gasteiger partial charge in [-0.15, -0.1) is 0 Å². The third-order valence-electron chi connectivity index (χ3n) is 3.39. The second-order valence-corrected chi connectivity index (χ2v) is 7.39. The van der Waals surface area contributed by atoms with E-state index in [1.165, 1.54) is 18.2 Å². The summed E-state index contributed by atoms with van der Waals surface area (Å²) in [7, 11) is -1.79. The van der Waals surface area contributed by atoms with Crippen LogP contribution in [0.1, 0.15) is 20.3 Å². The lowest BCUT2D eigenvalue weighted by molar-refractivity contribution is 0.00405. The fraction of sp³-hybridized carbons (Fsp3) is 0.643. The van der Waals surface area contributed by atoms with E-state index in [4.69, 9.17) is 24.4 Å². The summed E-state index contributed by atoms with van der Waals surface area (Å²) in [5.41, 5.74) is 6.32. The molecule has 0 aromatic carbocycles. The van der Waals surface area contributed by atoms with E-state index in [1.807, 2.05) is 0 Å². The fourth-order valence-corrected chi connectivity index (χ4v) is 4.01. The zero-order valence-corrected chi connectivity index (χ0v) is 15.9. The first kappa shape index (κ1) is 20.4. The summed E-state index contributed by atoms with van der Waals surface area (Å²) in [5.74, 6) is 0.213. The molecule has 1 atom stereocenters. The molecule has 2 heterocycles. The summed E-state index contributed by atoms with van der Waals surface area (Å²) in [4.78, 5) is 17.8. The molecule has 0 amide bonds.